The molecule has 0 amide bonds. The van der Waals surface area contributed by atoms with Crippen molar-refractivity contribution in [3.8, 4) is 0 Å². The Kier molecular flexibility index (Phi) is 5.18. The fourth-order valence-electron chi connectivity index (χ4n) is 2.96. The average molecular weight is 415 g/mol. The summed E-state index contributed by atoms with van der Waals surface area (Å²) in [4.78, 5) is -2.78. The van der Waals surface area contributed by atoms with Gasteiger partial charge in [-0.05, 0) is 0 Å². The summed E-state index contributed by atoms with van der Waals surface area (Å²) in [7, 11) is 0. The molecule has 0 aromatic heterocycles. The third-order valence-corrected chi connectivity index (χ3v) is 8.95. The van der Waals surface area contributed by atoms with Crippen molar-refractivity contribution in [2.24, 2.45) is 11.8 Å². The monoisotopic (exact) mass is 412 g/mol. The number of rotatable bonds is 0. The van der Waals surface area contributed by atoms with Gasteiger partial charge in [-0.25, -0.2) is 0 Å². The first-order valence-corrected chi connectivity index (χ1v) is 8.46. The molecule has 2 bridgehead atoms. The van der Waals surface area contributed by atoms with Crippen LogP contribution < -0.4 is 18.9 Å². The van der Waals surface area contributed by atoms with Crippen LogP contribution in [0.15, 0.2) is 10.1 Å². The smallest absolute Gasteiger partial charge is 1.00 e. The molecular formula is C9H7Cl6LiO3S. The zero-order chi connectivity index (χ0) is 14.2. The molecule has 3 aliphatic rings. The number of allylic oxidation sites excluding steroid dienone is 2. The summed E-state index contributed by atoms with van der Waals surface area (Å²) < 4.78 is 19.7. The predicted molar refractivity (Wildman–Crippen MR) is 78.5 cm³/mol. The molecule has 3 nitrogen and oxygen atoms in total. The number of hydrogen-bond donors (Lipinski definition) is 0. The van der Waals surface area contributed by atoms with Crippen LogP contribution >= 0.6 is 69.6 Å². The summed E-state index contributed by atoms with van der Waals surface area (Å²) in [5.41, 5.74) is 0. The van der Waals surface area contributed by atoms with Gasteiger partial charge in [-0.3, -0.25) is 8.37 Å². The second-order valence-electron chi connectivity index (χ2n) is 4.61. The normalized spacial score (nSPS) is 49.6. The third-order valence-electron chi connectivity index (χ3n) is 3.94. The molecule has 4 atom stereocenters. The number of alkyl halides is 4. The van der Waals surface area contributed by atoms with Crippen LogP contribution in [0.2, 0.25) is 0 Å². The van der Waals surface area contributed by atoms with Crippen molar-refractivity contribution in [3.63, 3.8) is 0 Å². The van der Waals surface area contributed by atoms with Gasteiger partial charge in [0, 0.05) is 11.8 Å². The SMILES string of the molecule is O=S1OCC2C(CO1)C1(Cl)C(Cl)=C(Cl)C2(Cl)C1(Cl)Cl.[H-].[Li+]. The van der Waals surface area contributed by atoms with E-state index in [1.54, 1.807) is 0 Å². The van der Waals surface area contributed by atoms with Crippen molar-refractivity contribution in [2.45, 2.75) is 14.1 Å². The maximum absolute atomic E-state index is 11.3. The molecule has 0 N–H and O–H groups in total. The Labute approximate surface area is 162 Å². The van der Waals surface area contributed by atoms with E-state index >= 15 is 0 Å². The molecule has 3 rings (SSSR count). The van der Waals surface area contributed by atoms with Crippen LogP contribution in [-0.2, 0) is 19.7 Å². The molecule has 0 aromatic rings. The first kappa shape index (κ1) is 18.5. The van der Waals surface area contributed by atoms with Gasteiger partial charge in [-0.1, -0.05) is 46.4 Å². The summed E-state index contributed by atoms with van der Waals surface area (Å²) in [5, 5.41) is 0.210. The minimum Gasteiger partial charge on any atom is -1.00 e. The van der Waals surface area contributed by atoms with Gasteiger partial charge < -0.3 is 1.43 Å². The van der Waals surface area contributed by atoms with Crippen LogP contribution in [0.1, 0.15) is 1.43 Å². The molecule has 0 aromatic carbocycles. The van der Waals surface area contributed by atoms with E-state index in [1.165, 1.54) is 0 Å². The maximum atomic E-state index is 11.3. The summed E-state index contributed by atoms with van der Waals surface area (Å²) in [5.74, 6) is -0.911. The Morgan fingerprint density at radius 2 is 1.35 bits per heavy atom. The maximum Gasteiger partial charge on any atom is 1.00 e. The van der Waals surface area contributed by atoms with Crippen molar-refractivity contribution < 1.29 is 32.9 Å². The van der Waals surface area contributed by atoms with Gasteiger partial charge >= 0.3 is 30.2 Å². The van der Waals surface area contributed by atoms with Gasteiger partial charge in [-0.2, -0.15) is 4.21 Å². The van der Waals surface area contributed by atoms with Gasteiger partial charge in [0.05, 0.1) is 23.3 Å². The van der Waals surface area contributed by atoms with E-state index in [1.807, 2.05) is 0 Å². The van der Waals surface area contributed by atoms with Crippen molar-refractivity contribution in [3.05, 3.63) is 10.1 Å². The van der Waals surface area contributed by atoms with Gasteiger partial charge in [-0.15, -0.1) is 23.2 Å². The van der Waals surface area contributed by atoms with Crippen LogP contribution in [0.4, 0.5) is 0 Å². The van der Waals surface area contributed by atoms with E-state index in [0.29, 0.717) is 0 Å². The van der Waals surface area contributed by atoms with Gasteiger partial charge in [0.1, 0.15) is 9.75 Å². The predicted octanol–water partition coefficient (Wildman–Crippen LogP) is 0.806. The molecule has 2 aliphatic carbocycles. The van der Waals surface area contributed by atoms with Crippen LogP contribution in [0, 0.1) is 11.8 Å². The molecule has 110 valence electrons. The molecule has 1 heterocycles. The Bertz CT molecular complexity index is 482. The quantitative estimate of drug-likeness (QED) is 0.434. The van der Waals surface area contributed by atoms with E-state index in [0.717, 1.165) is 0 Å². The Morgan fingerprint density at radius 3 is 1.70 bits per heavy atom. The molecule has 1 saturated carbocycles. The Morgan fingerprint density at radius 1 is 1.00 bits per heavy atom. The van der Waals surface area contributed by atoms with Crippen LogP contribution in [-0.4, -0.2) is 31.5 Å². The van der Waals surface area contributed by atoms with Crippen molar-refractivity contribution >= 4 is 81.0 Å². The van der Waals surface area contributed by atoms with E-state index < -0.39 is 37.3 Å². The molecule has 4 unspecified atom stereocenters. The van der Waals surface area contributed by atoms with Gasteiger partial charge in [0.2, 0.25) is 0 Å². The Hall–Kier alpha value is 2.15. The molecule has 0 radical (unpaired) electrons. The average Bonchev–Trinajstić information content (AvgIpc) is 2.54. The standard InChI is InChI=1S/C9H6Cl6O3S.Li.H/c10-5-6(11)8(13)4-2-18-19(16)17-1-3(4)7(5,12)9(8,14)15;;/h3-4H,1-2H2;;/q;+1;-1. The molecule has 11 heteroatoms. The summed E-state index contributed by atoms with van der Waals surface area (Å²) >= 11 is 36.4. The number of hydrogen-bond acceptors (Lipinski definition) is 3. The van der Waals surface area contributed by atoms with Gasteiger partial charge in [0.15, 0.2) is 4.33 Å². The van der Waals surface area contributed by atoms with Gasteiger partial charge in [0.25, 0.3) is 0 Å². The minimum absolute atomic E-state index is 0. The second kappa shape index (κ2) is 5.60. The van der Waals surface area contributed by atoms with Crippen LogP contribution in [0.5, 0.6) is 0 Å². The number of fused-ring (bicyclic) bond motifs is 5. The fourth-order valence-corrected chi connectivity index (χ4v) is 6.60. The van der Waals surface area contributed by atoms with E-state index in [9.17, 15) is 4.21 Å². The van der Waals surface area contributed by atoms with Crippen molar-refractivity contribution in [2.75, 3.05) is 13.2 Å². The molecule has 20 heavy (non-hydrogen) atoms. The summed E-state index contributed by atoms with van der Waals surface area (Å²) in [6.07, 6.45) is 0. The number of halogens is 6. The second-order valence-corrected chi connectivity index (χ2v) is 8.77. The molecule has 2 fully saturated rings. The molecular weight excluding hydrogens is 408 g/mol. The Balaban J connectivity index is 0.00000110. The zero-order valence-electron chi connectivity index (χ0n) is 11.0. The summed E-state index contributed by atoms with van der Waals surface area (Å²) in [6.45, 7) is 0.0215. The molecule has 1 aliphatic heterocycles. The largest absolute Gasteiger partial charge is 1.00 e. The molecule has 0 spiro atoms. The summed E-state index contributed by atoms with van der Waals surface area (Å²) in [6, 6.07) is 0. The van der Waals surface area contributed by atoms with E-state index in [-0.39, 0.29) is 43.6 Å². The van der Waals surface area contributed by atoms with Crippen molar-refractivity contribution in [1.82, 2.24) is 0 Å². The zero-order valence-corrected chi connectivity index (χ0v) is 15.3. The van der Waals surface area contributed by atoms with Crippen molar-refractivity contribution in [1.29, 1.82) is 0 Å². The topological polar surface area (TPSA) is 35.5 Å². The fraction of sp³-hybridized carbons (Fsp3) is 0.778. The first-order valence-electron chi connectivity index (χ1n) is 5.19. The third kappa shape index (κ3) is 1.91. The first-order chi connectivity index (χ1) is 8.69. The molecule has 1 saturated heterocycles. The van der Waals surface area contributed by atoms with E-state index in [4.69, 9.17) is 78.0 Å². The van der Waals surface area contributed by atoms with Crippen LogP contribution in [0.3, 0.4) is 0 Å². The van der Waals surface area contributed by atoms with E-state index in [2.05, 4.69) is 0 Å². The van der Waals surface area contributed by atoms with Crippen LogP contribution in [0.25, 0.3) is 0 Å². The minimum atomic E-state index is -1.86.